The first-order valence-electron chi connectivity index (χ1n) is 18.0. The zero-order valence-corrected chi connectivity index (χ0v) is 29.8. The number of benzene rings is 2. The summed E-state index contributed by atoms with van der Waals surface area (Å²) in [4.78, 5) is 34.0. The summed E-state index contributed by atoms with van der Waals surface area (Å²) < 4.78 is 0. The molecule has 4 aromatic heterocycles. The van der Waals surface area contributed by atoms with Crippen molar-refractivity contribution in [1.82, 2.24) is 39.7 Å². The highest BCUT2D eigenvalue weighted by molar-refractivity contribution is 5.88. The Morgan fingerprint density at radius 3 is 1.44 bits per heavy atom. The van der Waals surface area contributed by atoms with Crippen molar-refractivity contribution in [2.75, 3.05) is 50.1 Å². The molecule has 10 nitrogen and oxygen atoms in total. The summed E-state index contributed by atoms with van der Waals surface area (Å²) >= 11 is 0. The van der Waals surface area contributed by atoms with Crippen LogP contribution in [0.2, 0.25) is 0 Å². The summed E-state index contributed by atoms with van der Waals surface area (Å²) in [6, 6.07) is 26.5. The van der Waals surface area contributed by atoms with Gasteiger partial charge in [-0.25, -0.2) is 19.9 Å². The van der Waals surface area contributed by atoms with Crippen molar-refractivity contribution in [3.05, 3.63) is 109 Å². The summed E-state index contributed by atoms with van der Waals surface area (Å²) in [5.41, 5.74) is 4.57. The summed E-state index contributed by atoms with van der Waals surface area (Å²) in [5.74, 6) is 3.32. The molecule has 0 unspecified atom stereocenters. The molecule has 0 aliphatic carbocycles. The van der Waals surface area contributed by atoms with Crippen LogP contribution < -0.4 is 9.80 Å². The molecule has 0 spiro atoms. The SMILES string of the molecule is C[C@@H]1CCN(Cc2ccccc2)C[C@H]1N(C)c1ncnc2[nH]ccc12.C[C@H]1CCN(Cc2ccccc2)C[C@@H]1N(C)c1ncnc2[nH]ccc12. The van der Waals surface area contributed by atoms with E-state index < -0.39 is 0 Å². The highest BCUT2D eigenvalue weighted by atomic mass is 15.3. The van der Waals surface area contributed by atoms with Crippen molar-refractivity contribution in [3.8, 4) is 0 Å². The number of likely N-dealkylation sites (N-methyl/N-ethyl adjacent to an activating group) is 2. The minimum atomic E-state index is 0.450. The second-order valence-electron chi connectivity index (χ2n) is 14.2. The fourth-order valence-electron chi connectivity index (χ4n) is 7.80. The Morgan fingerprint density at radius 2 is 1.02 bits per heavy atom. The lowest BCUT2D eigenvalue weighted by molar-refractivity contribution is 0.159. The first-order valence-corrected chi connectivity index (χ1v) is 18.0. The summed E-state index contributed by atoms with van der Waals surface area (Å²) in [7, 11) is 4.34. The zero-order valence-electron chi connectivity index (χ0n) is 29.8. The second-order valence-corrected chi connectivity index (χ2v) is 14.2. The second kappa shape index (κ2) is 15.4. The van der Waals surface area contributed by atoms with E-state index in [1.54, 1.807) is 12.7 Å². The molecule has 2 fully saturated rings. The third kappa shape index (κ3) is 7.51. The lowest BCUT2D eigenvalue weighted by Gasteiger charge is -2.42. The molecule has 2 aromatic carbocycles. The molecule has 10 heteroatoms. The summed E-state index contributed by atoms with van der Waals surface area (Å²) in [5, 5.41) is 2.19. The maximum atomic E-state index is 4.57. The van der Waals surface area contributed by atoms with Crippen LogP contribution in [-0.4, -0.2) is 92.1 Å². The smallest absolute Gasteiger partial charge is 0.142 e. The standard InChI is InChI=1S/2C20H25N5/c2*1-15-9-11-25(12-16-6-4-3-5-7-16)13-18(15)24(2)20-17-8-10-21-19(17)22-14-23-20/h2*3-8,10,14-15,18H,9,11-13H2,1-2H3,(H,21,22,23)/t2*15-,18-/m10/s1. The van der Waals surface area contributed by atoms with Gasteiger partial charge in [-0.1, -0.05) is 74.5 Å². The average molecular weight is 671 g/mol. The van der Waals surface area contributed by atoms with E-state index in [9.17, 15) is 0 Å². The minimum Gasteiger partial charge on any atom is -0.354 e. The number of hydrogen-bond donors (Lipinski definition) is 2. The highest BCUT2D eigenvalue weighted by Crippen LogP contribution is 2.30. The molecule has 0 radical (unpaired) electrons. The number of anilines is 2. The Morgan fingerprint density at radius 1 is 0.600 bits per heavy atom. The van der Waals surface area contributed by atoms with Crippen LogP contribution in [0, 0.1) is 11.8 Å². The molecule has 0 amide bonds. The number of nitrogens with one attached hydrogen (secondary N) is 2. The highest BCUT2D eigenvalue weighted by Gasteiger charge is 2.32. The Hall–Kier alpha value is -4.80. The number of likely N-dealkylation sites (tertiary alicyclic amines) is 2. The van der Waals surface area contributed by atoms with Gasteiger partial charge in [0.25, 0.3) is 0 Å². The van der Waals surface area contributed by atoms with E-state index >= 15 is 0 Å². The molecule has 2 saturated heterocycles. The van der Waals surface area contributed by atoms with E-state index in [0.717, 1.165) is 73.0 Å². The summed E-state index contributed by atoms with van der Waals surface area (Å²) in [6.07, 6.45) is 9.59. The van der Waals surface area contributed by atoms with Crippen LogP contribution in [0.4, 0.5) is 11.6 Å². The van der Waals surface area contributed by atoms with Gasteiger partial charge in [0.1, 0.15) is 35.6 Å². The van der Waals surface area contributed by atoms with E-state index in [0.29, 0.717) is 23.9 Å². The molecule has 260 valence electrons. The first-order chi connectivity index (χ1) is 24.4. The molecule has 6 aromatic rings. The minimum absolute atomic E-state index is 0.450. The maximum absolute atomic E-state index is 4.57. The van der Waals surface area contributed by atoms with E-state index in [-0.39, 0.29) is 0 Å². The van der Waals surface area contributed by atoms with Crippen molar-refractivity contribution in [1.29, 1.82) is 0 Å². The third-order valence-corrected chi connectivity index (χ3v) is 10.8. The summed E-state index contributed by atoms with van der Waals surface area (Å²) in [6.45, 7) is 11.2. The number of aromatic nitrogens is 6. The lowest BCUT2D eigenvalue weighted by Crippen LogP contribution is -2.50. The number of fused-ring (bicyclic) bond motifs is 2. The van der Waals surface area contributed by atoms with Gasteiger partial charge in [0.15, 0.2) is 0 Å². The predicted molar refractivity (Wildman–Crippen MR) is 203 cm³/mol. The number of piperidine rings is 2. The van der Waals surface area contributed by atoms with Crippen LogP contribution in [0.5, 0.6) is 0 Å². The van der Waals surface area contributed by atoms with Crippen molar-refractivity contribution >= 4 is 33.7 Å². The van der Waals surface area contributed by atoms with Gasteiger partial charge >= 0.3 is 0 Å². The van der Waals surface area contributed by atoms with Crippen molar-refractivity contribution in [2.45, 2.75) is 51.9 Å². The molecular formula is C40H50N10. The van der Waals surface area contributed by atoms with Gasteiger partial charge < -0.3 is 19.8 Å². The number of H-pyrrole nitrogens is 2. The van der Waals surface area contributed by atoms with Crippen LogP contribution >= 0.6 is 0 Å². The number of rotatable bonds is 8. The van der Waals surface area contributed by atoms with Gasteiger partial charge in [-0.15, -0.1) is 0 Å². The lowest BCUT2D eigenvalue weighted by atomic mass is 9.92. The molecule has 8 rings (SSSR count). The normalized spacial score (nSPS) is 21.5. The van der Waals surface area contributed by atoms with E-state index in [1.165, 1.54) is 24.0 Å². The number of hydrogen-bond acceptors (Lipinski definition) is 8. The van der Waals surface area contributed by atoms with Crippen LogP contribution in [0.3, 0.4) is 0 Å². The Bertz CT molecular complexity index is 1800. The third-order valence-electron chi connectivity index (χ3n) is 10.8. The largest absolute Gasteiger partial charge is 0.354 e. The van der Waals surface area contributed by atoms with Crippen LogP contribution in [-0.2, 0) is 13.1 Å². The van der Waals surface area contributed by atoms with Crippen molar-refractivity contribution in [2.24, 2.45) is 11.8 Å². The van der Waals surface area contributed by atoms with Gasteiger partial charge in [-0.3, -0.25) is 9.80 Å². The fourth-order valence-corrected chi connectivity index (χ4v) is 7.80. The van der Waals surface area contributed by atoms with Gasteiger partial charge in [-0.05, 0) is 61.0 Å². The van der Waals surface area contributed by atoms with Crippen LogP contribution in [0.15, 0.2) is 97.8 Å². The average Bonchev–Trinajstić information content (AvgIpc) is 3.84. The van der Waals surface area contributed by atoms with Crippen molar-refractivity contribution < 1.29 is 0 Å². The monoisotopic (exact) mass is 670 g/mol. The molecule has 0 saturated carbocycles. The zero-order chi connectivity index (χ0) is 34.5. The quantitative estimate of drug-likeness (QED) is 0.187. The Kier molecular flexibility index (Phi) is 10.4. The van der Waals surface area contributed by atoms with Gasteiger partial charge in [-0.2, -0.15) is 0 Å². The fraction of sp³-hybridized carbons (Fsp3) is 0.400. The predicted octanol–water partition coefficient (Wildman–Crippen LogP) is 6.61. The van der Waals surface area contributed by atoms with Crippen molar-refractivity contribution in [3.63, 3.8) is 0 Å². The molecule has 0 bridgehead atoms. The van der Waals surface area contributed by atoms with Crippen LogP contribution in [0.25, 0.3) is 22.1 Å². The molecule has 2 N–H and O–H groups in total. The van der Waals surface area contributed by atoms with Gasteiger partial charge in [0.2, 0.25) is 0 Å². The maximum Gasteiger partial charge on any atom is 0.142 e. The number of aromatic amines is 2. The topological polar surface area (TPSA) is 96.1 Å². The van der Waals surface area contributed by atoms with Gasteiger partial charge in [0.05, 0.1) is 10.8 Å². The Balaban J connectivity index is 0.000000157. The molecule has 4 atom stereocenters. The number of nitrogens with zero attached hydrogens (tertiary/aromatic N) is 8. The Labute approximate surface area is 295 Å². The molecular weight excluding hydrogens is 621 g/mol. The van der Waals surface area contributed by atoms with Gasteiger partial charge in [0, 0.05) is 64.8 Å². The molecule has 6 heterocycles. The first kappa shape index (κ1) is 33.7. The van der Waals surface area contributed by atoms with E-state index in [1.807, 2.05) is 12.4 Å². The van der Waals surface area contributed by atoms with E-state index in [4.69, 9.17) is 0 Å². The molecule has 2 aliphatic heterocycles. The van der Waals surface area contributed by atoms with E-state index in [2.05, 4.69) is 150 Å². The molecule has 50 heavy (non-hydrogen) atoms. The molecule has 2 aliphatic rings. The van der Waals surface area contributed by atoms with Crippen LogP contribution in [0.1, 0.15) is 37.8 Å².